The smallest absolute Gasteiger partial charge is 0.124 e. The fourth-order valence-corrected chi connectivity index (χ4v) is 1.33. The van der Waals surface area contributed by atoms with E-state index in [1.165, 1.54) is 0 Å². The van der Waals surface area contributed by atoms with Crippen LogP contribution in [0.2, 0.25) is 0 Å². The van der Waals surface area contributed by atoms with Crippen LogP contribution in [0.5, 0.6) is 5.75 Å². The molecule has 0 amide bonds. The van der Waals surface area contributed by atoms with Crippen LogP contribution < -0.4 is 10.5 Å². The molecule has 0 aromatic heterocycles. The van der Waals surface area contributed by atoms with Crippen molar-refractivity contribution in [2.75, 3.05) is 14.2 Å². The molecule has 3 nitrogen and oxygen atoms in total. The largest absolute Gasteiger partial charge is 0.496 e. The summed E-state index contributed by atoms with van der Waals surface area (Å²) in [6.45, 7) is 0.486. The molecule has 1 aromatic carbocycles. The highest BCUT2D eigenvalue weighted by Gasteiger charge is 2.05. The first-order chi connectivity index (χ1) is 6.69. The summed E-state index contributed by atoms with van der Waals surface area (Å²) in [6.07, 6.45) is 0. The molecule has 4 heteroatoms. The van der Waals surface area contributed by atoms with E-state index in [2.05, 4.69) is 0 Å². The van der Waals surface area contributed by atoms with Gasteiger partial charge in [-0.05, 0) is 18.2 Å². The number of methoxy groups -OCH3 is 2. The molecule has 0 unspecified atom stereocenters. The van der Waals surface area contributed by atoms with Crippen LogP contribution in [0.25, 0.3) is 0 Å². The van der Waals surface area contributed by atoms with Crippen molar-refractivity contribution in [3.63, 3.8) is 0 Å². The number of rotatable bonds is 4. The lowest BCUT2D eigenvalue weighted by Gasteiger charge is -2.09. The molecule has 0 fully saturated rings. The Hall–Kier alpha value is -1.13. The van der Waals surface area contributed by atoms with E-state index in [4.69, 9.17) is 27.4 Å². The average Bonchev–Trinajstić information content (AvgIpc) is 2.18. The van der Waals surface area contributed by atoms with Crippen LogP contribution >= 0.6 is 12.2 Å². The molecule has 1 aromatic rings. The summed E-state index contributed by atoms with van der Waals surface area (Å²) < 4.78 is 10.2. The highest BCUT2D eigenvalue weighted by atomic mass is 32.1. The molecule has 0 heterocycles. The second-order valence-corrected chi connectivity index (χ2v) is 3.26. The molecule has 0 bridgehead atoms. The Morgan fingerprint density at radius 1 is 1.43 bits per heavy atom. The van der Waals surface area contributed by atoms with Gasteiger partial charge in [0, 0.05) is 18.2 Å². The summed E-state index contributed by atoms with van der Waals surface area (Å²) in [5.74, 6) is 0.784. The number of nitrogens with two attached hydrogens (primary N) is 1. The minimum absolute atomic E-state index is 0.380. The predicted molar refractivity (Wildman–Crippen MR) is 59.6 cm³/mol. The van der Waals surface area contributed by atoms with Crippen molar-refractivity contribution in [3.05, 3.63) is 29.3 Å². The van der Waals surface area contributed by atoms with E-state index in [-0.39, 0.29) is 0 Å². The van der Waals surface area contributed by atoms with Crippen molar-refractivity contribution in [3.8, 4) is 5.75 Å². The summed E-state index contributed by atoms with van der Waals surface area (Å²) >= 11 is 4.88. The van der Waals surface area contributed by atoms with E-state index in [1.54, 1.807) is 14.2 Å². The van der Waals surface area contributed by atoms with Crippen LogP contribution in [0.3, 0.4) is 0 Å². The van der Waals surface area contributed by atoms with Crippen molar-refractivity contribution in [1.82, 2.24) is 0 Å². The van der Waals surface area contributed by atoms with Crippen LogP contribution in [0.1, 0.15) is 11.1 Å². The van der Waals surface area contributed by atoms with Gasteiger partial charge in [0.1, 0.15) is 10.7 Å². The summed E-state index contributed by atoms with van der Waals surface area (Å²) in [7, 11) is 3.25. The summed E-state index contributed by atoms with van der Waals surface area (Å²) in [5, 5.41) is 0. The fraction of sp³-hybridized carbons (Fsp3) is 0.300. The SMILES string of the molecule is COCc1cc(C(N)=S)ccc1OC. The first-order valence-corrected chi connectivity index (χ1v) is 4.55. The van der Waals surface area contributed by atoms with Gasteiger partial charge >= 0.3 is 0 Å². The predicted octanol–water partition coefficient (Wildman–Crippen LogP) is 1.48. The molecule has 1 rings (SSSR count). The Bertz CT molecular complexity index is 339. The Labute approximate surface area is 88.8 Å². The van der Waals surface area contributed by atoms with Crippen molar-refractivity contribution < 1.29 is 9.47 Å². The van der Waals surface area contributed by atoms with Gasteiger partial charge < -0.3 is 15.2 Å². The second kappa shape index (κ2) is 4.93. The van der Waals surface area contributed by atoms with Gasteiger partial charge in [0.2, 0.25) is 0 Å². The number of hydrogen-bond acceptors (Lipinski definition) is 3. The van der Waals surface area contributed by atoms with Crippen molar-refractivity contribution >= 4 is 17.2 Å². The Morgan fingerprint density at radius 2 is 2.14 bits per heavy atom. The minimum atomic E-state index is 0.380. The molecule has 0 spiro atoms. The monoisotopic (exact) mass is 211 g/mol. The Morgan fingerprint density at radius 3 is 2.64 bits per heavy atom. The quantitative estimate of drug-likeness (QED) is 0.766. The molecule has 76 valence electrons. The summed E-state index contributed by atoms with van der Waals surface area (Å²) in [5.41, 5.74) is 7.29. The highest BCUT2D eigenvalue weighted by Crippen LogP contribution is 2.20. The second-order valence-electron chi connectivity index (χ2n) is 2.82. The zero-order chi connectivity index (χ0) is 10.6. The molecular formula is C10H13NO2S. The third-order valence-corrected chi connectivity index (χ3v) is 2.10. The van der Waals surface area contributed by atoms with E-state index in [0.717, 1.165) is 16.9 Å². The van der Waals surface area contributed by atoms with Gasteiger partial charge in [0.15, 0.2) is 0 Å². The van der Waals surface area contributed by atoms with E-state index in [9.17, 15) is 0 Å². The molecule has 0 aliphatic rings. The van der Waals surface area contributed by atoms with Crippen molar-refractivity contribution in [2.24, 2.45) is 5.73 Å². The van der Waals surface area contributed by atoms with Crippen LogP contribution in [0, 0.1) is 0 Å². The summed E-state index contributed by atoms with van der Waals surface area (Å²) in [6, 6.07) is 5.55. The maximum atomic E-state index is 5.52. The molecule has 0 saturated carbocycles. The first-order valence-electron chi connectivity index (χ1n) is 4.14. The molecule has 0 aliphatic heterocycles. The minimum Gasteiger partial charge on any atom is -0.496 e. The maximum absolute atomic E-state index is 5.52. The number of ether oxygens (including phenoxy) is 2. The van der Waals surface area contributed by atoms with Crippen LogP contribution in [-0.4, -0.2) is 19.2 Å². The average molecular weight is 211 g/mol. The maximum Gasteiger partial charge on any atom is 0.124 e. The topological polar surface area (TPSA) is 44.5 Å². The van der Waals surface area contributed by atoms with Gasteiger partial charge in [-0.2, -0.15) is 0 Å². The van der Waals surface area contributed by atoms with Gasteiger partial charge in [0.05, 0.1) is 13.7 Å². The molecule has 2 N–H and O–H groups in total. The van der Waals surface area contributed by atoms with Gasteiger partial charge in [-0.3, -0.25) is 0 Å². The lowest BCUT2D eigenvalue weighted by molar-refractivity contribution is 0.181. The van der Waals surface area contributed by atoms with Crippen LogP contribution in [-0.2, 0) is 11.3 Å². The molecular weight excluding hydrogens is 198 g/mol. The Balaban J connectivity index is 3.07. The third kappa shape index (κ3) is 2.43. The molecule has 0 aliphatic carbocycles. The normalized spacial score (nSPS) is 9.86. The van der Waals surface area contributed by atoms with Gasteiger partial charge in [-0.15, -0.1) is 0 Å². The number of hydrogen-bond donors (Lipinski definition) is 1. The standard InChI is InChI=1S/C10H13NO2S/c1-12-6-8-5-7(10(11)14)3-4-9(8)13-2/h3-5H,6H2,1-2H3,(H2,11,14). The van der Waals surface area contributed by atoms with Crippen molar-refractivity contribution in [2.45, 2.75) is 6.61 Å². The molecule has 0 saturated heterocycles. The van der Waals surface area contributed by atoms with E-state index < -0.39 is 0 Å². The third-order valence-electron chi connectivity index (χ3n) is 1.86. The zero-order valence-corrected chi connectivity index (χ0v) is 9.06. The number of thiocarbonyl (C=S) groups is 1. The molecule has 14 heavy (non-hydrogen) atoms. The lowest BCUT2D eigenvalue weighted by atomic mass is 10.1. The van der Waals surface area contributed by atoms with E-state index in [0.29, 0.717) is 11.6 Å². The Kier molecular flexibility index (Phi) is 3.85. The molecule has 0 radical (unpaired) electrons. The highest BCUT2D eigenvalue weighted by molar-refractivity contribution is 7.80. The van der Waals surface area contributed by atoms with Gasteiger partial charge in [-0.1, -0.05) is 12.2 Å². The first kappa shape index (κ1) is 10.9. The van der Waals surface area contributed by atoms with Crippen LogP contribution in [0.15, 0.2) is 18.2 Å². The van der Waals surface area contributed by atoms with Gasteiger partial charge in [-0.25, -0.2) is 0 Å². The van der Waals surface area contributed by atoms with Crippen molar-refractivity contribution in [1.29, 1.82) is 0 Å². The lowest BCUT2D eigenvalue weighted by Crippen LogP contribution is -2.10. The van der Waals surface area contributed by atoms with Crippen LogP contribution in [0.4, 0.5) is 0 Å². The zero-order valence-electron chi connectivity index (χ0n) is 8.24. The van der Waals surface area contributed by atoms with Gasteiger partial charge in [0.25, 0.3) is 0 Å². The fourth-order valence-electron chi connectivity index (χ4n) is 1.20. The summed E-state index contributed by atoms with van der Waals surface area (Å²) in [4.78, 5) is 0.380. The van der Waals surface area contributed by atoms with E-state index in [1.807, 2.05) is 18.2 Å². The molecule has 0 atom stereocenters. The van der Waals surface area contributed by atoms with E-state index >= 15 is 0 Å². The number of benzene rings is 1.